The van der Waals surface area contributed by atoms with Crippen molar-refractivity contribution in [3.63, 3.8) is 0 Å². The monoisotopic (exact) mass is 417 g/mol. The molecule has 3 rings (SSSR count). The van der Waals surface area contributed by atoms with E-state index in [-0.39, 0.29) is 42.8 Å². The summed E-state index contributed by atoms with van der Waals surface area (Å²) in [5, 5.41) is 2.71. The summed E-state index contributed by atoms with van der Waals surface area (Å²) < 4.78 is 32.3. The maximum atomic E-state index is 12.3. The van der Waals surface area contributed by atoms with E-state index in [1.54, 1.807) is 17.2 Å². The first-order valence-electron chi connectivity index (χ1n) is 9.31. The van der Waals surface area contributed by atoms with Crippen LogP contribution in [0.1, 0.15) is 17.5 Å². The molecule has 8 nitrogen and oxygen atoms in total. The van der Waals surface area contributed by atoms with Gasteiger partial charge in [0.15, 0.2) is 5.84 Å². The number of carbonyl (C=O) groups excluding carboxylic acids is 2. The van der Waals surface area contributed by atoms with Crippen LogP contribution in [0.4, 0.5) is 0 Å². The zero-order valence-electron chi connectivity index (χ0n) is 16.1. The number of amides is 1. The van der Waals surface area contributed by atoms with Crippen LogP contribution < -0.4 is 5.32 Å². The maximum Gasteiger partial charge on any atom is 0.342 e. The fourth-order valence-electron chi connectivity index (χ4n) is 2.89. The van der Waals surface area contributed by atoms with Gasteiger partial charge in [0.05, 0.1) is 12.3 Å². The van der Waals surface area contributed by atoms with Gasteiger partial charge in [0.1, 0.15) is 12.2 Å². The number of hydrogen-bond acceptors (Lipinski definition) is 6. The van der Waals surface area contributed by atoms with Gasteiger partial charge in [-0.1, -0.05) is 29.8 Å². The highest BCUT2D eigenvalue weighted by Gasteiger charge is 2.30. The average Bonchev–Trinajstić information content (AvgIpc) is 2.69. The molecule has 2 heterocycles. The van der Waals surface area contributed by atoms with E-state index in [1.807, 2.05) is 31.2 Å². The van der Waals surface area contributed by atoms with Crippen molar-refractivity contribution >= 4 is 27.7 Å². The molecule has 2 aliphatic rings. The number of aryl methyl sites for hydroxylation is 2. The van der Waals surface area contributed by atoms with Gasteiger partial charge in [-0.3, -0.25) is 4.79 Å². The van der Waals surface area contributed by atoms with E-state index in [0.717, 1.165) is 5.56 Å². The predicted octanol–water partition coefficient (Wildman–Crippen LogP) is 1.08. The second-order valence-corrected chi connectivity index (χ2v) is 8.54. The van der Waals surface area contributed by atoms with E-state index < -0.39 is 16.0 Å². The minimum atomic E-state index is -3.58. The lowest BCUT2D eigenvalue weighted by Crippen LogP contribution is -2.40. The van der Waals surface area contributed by atoms with E-state index in [4.69, 9.17) is 4.74 Å². The molecule has 1 aromatic carbocycles. The van der Waals surface area contributed by atoms with E-state index in [1.165, 1.54) is 11.6 Å². The van der Waals surface area contributed by atoms with Gasteiger partial charge in [-0.25, -0.2) is 13.2 Å². The Morgan fingerprint density at radius 3 is 2.76 bits per heavy atom. The molecule has 0 saturated heterocycles. The van der Waals surface area contributed by atoms with Gasteiger partial charge in [-0.15, -0.1) is 4.40 Å². The number of benzene rings is 1. The summed E-state index contributed by atoms with van der Waals surface area (Å²) in [6.07, 6.45) is 5.75. The second-order valence-electron chi connectivity index (χ2n) is 6.79. The van der Waals surface area contributed by atoms with E-state index in [0.29, 0.717) is 12.8 Å². The Labute approximate surface area is 170 Å². The molecule has 1 N–H and O–H groups in total. The third-order valence-electron chi connectivity index (χ3n) is 4.50. The summed E-state index contributed by atoms with van der Waals surface area (Å²) in [5.41, 5.74) is 2.34. The first-order chi connectivity index (χ1) is 13.8. The van der Waals surface area contributed by atoms with Crippen LogP contribution in [0.2, 0.25) is 0 Å². The number of carbonyl (C=O) groups is 2. The SMILES string of the molecule is Cc1ccc(CCC(=O)NCCOC(=O)C2=CC=CN3CCS(=O)(=O)N=C23)cc1. The molecule has 9 heteroatoms. The number of allylic oxidation sites excluding steroid dienone is 2. The Morgan fingerprint density at radius 2 is 2.00 bits per heavy atom. The van der Waals surface area contributed by atoms with Crippen LogP contribution >= 0.6 is 0 Å². The number of nitrogens with zero attached hydrogens (tertiary/aromatic N) is 2. The standard InChI is InChI=1S/C20H23N3O5S/c1-15-4-6-16(7-5-15)8-9-18(24)21-10-13-28-20(25)17-3-2-11-23-12-14-29(26,27)22-19(17)23/h2-7,11H,8-10,12-14H2,1H3,(H,21,24). The van der Waals surface area contributed by atoms with Crippen LogP contribution in [-0.4, -0.2) is 56.5 Å². The number of amidine groups is 1. The molecule has 0 atom stereocenters. The smallest absolute Gasteiger partial charge is 0.342 e. The molecule has 0 aliphatic carbocycles. The van der Waals surface area contributed by atoms with Crippen LogP contribution in [0.5, 0.6) is 0 Å². The molecule has 154 valence electrons. The van der Waals surface area contributed by atoms with Gasteiger partial charge in [-0.2, -0.15) is 0 Å². The zero-order chi connectivity index (χ0) is 20.9. The van der Waals surface area contributed by atoms with Crippen LogP contribution in [0.3, 0.4) is 0 Å². The minimum absolute atomic E-state index is 0.0177. The number of nitrogens with one attached hydrogen (secondary N) is 1. The summed E-state index contributed by atoms with van der Waals surface area (Å²) in [5.74, 6) is -0.831. The fourth-order valence-corrected chi connectivity index (χ4v) is 3.87. The quantitative estimate of drug-likeness (QED) is 0.526. The summed E-state index contributed by atoms with van der Waals surface area (Å²) in [6, 6.07) is 8.00. The van der Waals surface area contributed by atoms with Crippen molar-refractivity contribution in [1.29, 1.82) is 0 Å². The molecule has 0 saturated carbocycles. The van der Waals surface area contributed by atoms with E-state index >= 15 is 0 Å². The normalized spacial score (nSPS) is 17.1. The van der Waals surface area contributed by atoms with Crippen molar-refractivity contribution in [2.24, 2.45) is 4.40 Å². The molecule has 0 bridgehead atoms. The van der Waals surface area contributed by atoms with Crippen molar-refractivity contribution in [2.45, 2.75) is 19.8 Å². The van der Waals surface area contributed by atoms with Gasteiger partial charge >= 0.3 is 5.97 Å². The van der Waals surface area contributed by atoms with E-state index in [9.17, 15) is 18.0 Å². The molecule has 0 fully saturated rings. The Bertz CT molecular complexity index is 978. The average molecular weight is 417 g/mol. The maximum absolute atomic E-state index is 12.3. The molecule has 1 amide bonds. The zero-order valence-corrected chi connectivity index (χ0v) is 16.9. The minimum Gasteiger partial charge on any atom is -0.460 e. The predicted molar refractivity (Wildman–Crippen MR) is 109 cm³/mol. The van der Waals surface area contributed by atoms with Crippen molar-refractivity contribution < 1.29 is 22.7 Å². The van der Waals surface area contributed by atoms with Crippen LogP contribution in [0.25, 0.3) is 0 Å². The van der Waals surface area contributed by atoms with Crippen LogP contribution in [0.15, 0.2) is 52.6 Å². The largest absolute Gasteiger partial charge is 0.460 e. The van der Waals surface area contributed by atoms with Crippen molar-refractivity contribution in [3.05, 3.63) is 59.3 Å². The Morgan fingerprint density at radius 1 is 1.24 bits per heavy atom. The lowest BCUT2D eigenvalue weighted by atomic mass is 10.1. The third-order valence-corrected chi connectivity index (χ3v) is 5.65. The topological polar surface area (TPSA) is 105 Å². The number of rotatable bonds is 7. The highest BCUT2D eigenvalue weighted by atomic mass is 32.2. The first kappa shape index (κ1) is 20.8. The molecule has 1 aromatic rings. The Balaban J connectivity index is 1.43. The number of esters is 1. The molecule has 0 unspecified atom stereocenters. The van der Waals surface area contributed by atoms with Gasteiger partial charge in [0.25, 0.3) is 10.0 Å². The Kier molecular flexibility index (Phi) is 6.48. The second kappa shape index (κ2) is 9.04. The summed E-state index contributed by atoms with van der Waals surface area (Å²) in [6.45, 7) is 2.40. The number of ether oxygens (including phenoxy) is 1. The summed E-state index contributed by atoms with van der Waals surface area (Å²) >= 11 is 0. The van der Waals surface area contributed by atoms with Crippen molar-refractivity contribution in [3.8, 4) is 0 Å². The first-order valence-corrected chi connectivity index (χ1v) is 10.9. The van der Waals surface area contributed by atoms with E-state index in [2.05, 4.69) is 9.71 Å². The molecule has 0 radical (unpaired) electrons. The number of fused-ring (bicyclic) bond motifs is 1. The highest BCUT2D eigenvalue weighted by Crippen LogP contribution is 2.18. The van der Waals surface area contributed by atoms with Crippen LogP contribution in [0, 0.1) is 6.92 Å². The summed E-state index contributed by atoms with van der Waals surface area (Å²) in [4.78, 5) is 25.8. The van der Waals surface area contributed by atoms with Crippen LogP contribution in [-0.2, 0) is 30.8 Å². The molecule has 29 heavy (non-hydrogen) atoms. The number of sulfonamides is 1. The van der Waals surface area contributed by atoms with Crippen molar-refractivity contribution in [2.75, 3.05) is 25.4 Å². The van der Waals surface area contributed by atoms with Gasteiger partial charge in [0, 0.05) is 19.2 Å². The van der Waals surface area contributed by atoms with Gasteiger partial charge in [0.2, 0.25) is 5.91 Å². The fraction of sp³-hybridized carbons (Fsp3) is 0.350. The van der Waals surface area contributed by atoms with Gasteiger partial charge in [-0.05, 0) is 31.1 Å². The van der Waals surface area contributed by atoms with Gasteiger partial charge < -0.3 is 15.0 Å². The lowest BCUT2D eigenvalue weighted by molar-refractivity contribution is -0.138. The Hall–Kier alpha value is -2.94. The molecule has 2 aliphatic heterocycles. The highest BCUT2D eigenvalue weighted by molar-refractivity contribution is 7.90. The lowest BCUT2D eigenvalue weighted by Gasteiger charge is -2.28. The molecule has 0 spiro atoms. The molecule has 0 aromatic heterocycles. The third kappa shape index (κ3) is 5.77. The summed E-state index contributed by atoms with van der Waals surface area (Å²) in [7, 11) is -3.58. The van der Waals surface area contributed by atoms with Crippen molar-refractivity contribution in [1.82, 2.24) is 10.2 Å². The molecular formula is C20H23N3O5S. The number of hydrogen-bond donors (Lipinski definition) is 1. The molecular weight excluding hydrogens is 394 g/mol.